The highest BCUT2D eigenvalue weighted by molar-refractivity contribution is 5.74. The van der Waals surface area contributed by atoms with Crippen molar-refractivity contribution in [2.75, 3.05) is 20.2 Å². The quantitative estimate of drug-likeness (QED) is 0.467. The van der Waals surface area contributed by atoms with Crippen LogP contribution in [0.25, 0.3) is 5.69 Å². The average molecular weight is 437 g/mol. The molecule has 0 aliphatic heterocycles. The normalized spacial score (nSPS) is 10.6. The van der Waals surface area contributed by atoms with Gasteiger partial charge >= 0.3 is 6.03 Å². The van der Waals surface area contributed by atoms with Gasteiger partial charge in [-0.25, -0.2) is 9.48 Å². The fourth-order valence-corrected chi connectivity index (χ4v) is 3.40. The Hall–Kier alpha value is -3.48. The Morgan fingerprint density at radius 1 is 1.06 bits per heavy atom. The van der Waals surface area contributed by atoms with Crippen molar-refractivity contribution in [1.29, 1.82) is 0 Å². The van der Waals surface area contributed by atoms with Crippen molar-refractivity contribution in [3.8, 4) is 23.1 Å². The number of benzene rings is 2. The van der Waals surface area contributed by atoms with Crippen LogP contribution in [-0.2, 0) is 6.54 Å². The molecule has 0 aliphatic rings. The average Bonchev–Trinajstić information content (AvgIpc) is 3.12. The molecule has 2 amide bonds. The van der Waals surface area contributed by atoms with Crippen LogP contribution < -0.4 is 14.8 Å². The summed E-state index contributed by atoms with van der Waals surface area (Å²) in [6, 6.07) is 17.2. The molecule has 0 spiro atoms. The third kappa shape index (κ3) is 5.60. The Morgan fingerprint density at radius 2 is 1.81 bits per heavy atom. The number of urea groups is 1. The Kier molecular flexibility index (Phi) is 8.14. The SMILES string of the molecule is CCCNC(=O)N(CCC)Cc1c(C)nn(-c2ccccc2)c1Oc1cccc(OC)c1. The zero-order chi connectivity index (χ0) is 22.9. The molecule has 0 bridgehead atoms. The molecule has 0 radical (unpaired) electrons. The van der Waals surface area contributed by atoms with E-state index in [1.807, 2.05) is 73.3 Å². The van der Waals surface area contributed by atoms with E-state index in [4.69, 9.17) is 14.6 Å². The molecule has 0 saturated heterocycles. The third-order valence-electron chi connectivity index (χ3n) is 5.05. The van der Waals surface area contributed by atoms with Crippen LogP contribution in [0.5, 0.6) is 17.4 Å². The van der Waals surface area contributed by atoms with Gasteiger partial charge in [0.1, 0.15) is 11.5 Å². The van der Waals surface area contributed by atoms with E-state index < -0.39 is 0 Å². The number of ether oxygens (including phenoxy) is 2. The maximum Gasteiger partial charge on any atom is 0.317 e. The molecule has 0 saturated carbocycles. The number of hydrogen-bond acceptors (Lipinski definition) is 4. The number of methoxy groups -OCH3 is 1. The van der Waals surface area contributed by atoms with Gasteiger partial charge in [0.15, 0.2) is 0 Å². The monoisotopic (exact) mass is 436 g/mol. The molecule has 0 atom stereocenters. The molecule has 0 unspecified atom stereocenters. The summed E-state index contributed by atoms with van der Waals surface area (Å²) in [5.41, 5.74) is 2.57. The van der Waals surface area contributed by atoms with Crippen LogP contribution in [0.15, 0.2) is 54.6 Å². The first-order chi connectivity index (χ1) is 15.6. The molecule has 1 N–H and O–H groups in total. The van der Waals surface area contributed by atoms with E-state index >= 15 is 0 Å². The molecular formula is C25H32N4O3. The minimum Gasteiger partial charge on any atom is -0.497 e. The highest BCUT2D eigenvalue weighted by atomic mass is 16.5. The minimum atomic E-state index is -0.0760. The summed E-state index contributed by atoms with van der Waals surface area (Å²) in [4.78, 5) is 14.6. The molecular weight excluding hydrogens is 404 g/mol. The lowest BCUT2D eigenvalue weighted by molar-refractivity contribution is 0.194. The van der Waals surface area contributed by atoms with E-state index in [-0.39, 0.29) is 6.03 Å². The first-order valence-electron chi connectivity index (χ1n) is 11.1. The van der Waals surface area contributed by atoms with Crippen molar-refractivity contribution in [3.05, 3.63) is 65.9 Å². The van der Waals surface area contributed by atoms with Gasteiger partial charge in [0, 0.05) is 19.2 Å². The molecule has 0 fully saturated rings. The number of carbonyl (C=O) groups excluding carboxylic acids is 1. The molecule has 1 heterocycles. The molecule has 2 aromatic carbocycles. The fourth-order valence-electron chi connectivity index (χ4n) is 3.40. The van der Waals surface area contributed by atoms with Crippen molar-refractivity contribution in [2.45, 2.75) is 40.2 Å². The molecule has 1 aromatic heterocycles. The van der Waals surface area contributed by atoms with Crippen LogP contribution in [0.2, 0.25) is 0 Å². The van der Waals surface area contributed by atoms with E-state index in [0.29, 0.717) is 37.0 Å². The maximum absolute atomic E-state index is 12.8. The summed E-state index contributed by atoms with van der Waals surface area (Å²) in [6.07, 6.45) is 1.75. The summed E-state index contributed by atoms with van der Waals surface area (Å²) in [6.45, 7) is 7.74. The number of aromatic nitrogens is 2. The predicted molar refractivity (Wildman–Crippen MR) is 126 cm³/mol. The standard InChI is InChI=1S/C25H32N4O3/c1-5-15-26-25(30)28(16-6-2)18-23-19(3)27-29(20-11-8-7-9-12-20)24(23)32-22-14-10-13-21(17-22)31-4/h7-14,17H,5-6,15-16,18H2,1-4H3,(H,26,30). The van der Waals surface area contributed by atoms with Crippen molar-refractivity contribution in [2.24, 2.45) is 0 Å². The van der Waals surface area contributed by atoms with Gasteiger partial charge in [0.05, 0.1) is 30.6 Å². The number of carbonyl (C=O) groups is 1. The van der Waals surface area contributed by atoms with E-state index in [1.165, 1.54) is 0 Å². The number of nitrogens with zero attached hydrogens (tertiary/aromatic N) is 3. The van der Waals surface area contributed by atoms with E-state index in [9.17, 15) is 4.79 Å². The van der Waals surface area contributed by atoms with Gasteiger partial charge in [-0.05, 0) is 44.0 Å². The number of amides is 2. The van der Waals surface area contributed by atoms with Crippen molar-refractivity contribution in [3.63, 3.8) is 0 Å². The van der Waals surface area contributed by atoms with Gasteiger partial charge < -0.3 is 19.7 Å². The Labute approximate surface area is 190 Å². The second-order valence-electron chi connectivity index (χ2n) is 7.55. The summed E-state index contributed by atoms with van der Waals surface area (Å²) < 4.78 is 13.5. The molecule has 7 nitrogen and oxygen atoms in total. The highest BCUT2D eigenvalue weighted by Gasteiger charge is 2.23. The summed E-state index contributed by atoms with van der Waals surface area (Å²) in [7, 11) is 1.63. The summed E-state index contributed by atoms with van der Waals surface area (Å²) in [5, 5.41) is 7.74. The molecule has 170 valence electrons. The molecule has 3 rings (SSSR count). The molecule has 0 aliphatic carbocycles. The van der Waals surface area contributed by atoms with Gasteiger partial charge in [-0.2, -0.15) is 5.10 Å². The molecule has 32 heavy (non-hydrogen) atoms. The summed E-state index contributed by atoms with van der Waals surface area (Å²) in [5.74, 6) is 1.93. The second-order valence-corrected chi connectivity index (χ2v) is 7.55. The number of rotatable bonds is 10. The van der Waals surface area contributed by atoms with E-state index in [2.05, 4.69) is 12.2 Å². The van der Waals surface area contributed by atoms with Crippen LogP contribution >= 0.6 is 0 Å². The molecule has 3 aromatic rings. The second kappa shape index (κ2) is 11.2. The number of aryl methyl sites for hydroxylation is 1. The zero-order valence-corrected chi connectivity index (χ0v) is 19.3. The van der Waals surface area contributed by atoms with Crippen LogP contribution in [0, 0.1) is 6.92 Å². The van der Waals surface area contributed by atoms with Crippen LogP contribution in [-0.4, -0.2) is 40.9 Å². The number of hydrogen-bond donors (Lipinski definition) is 1. The minimum absolute atomic E-state index is 0.0760. The number of para-hydroxylation sites is 1. The van der Waals surface area contributed by atoms with Crippen LogP contribution in [0.3, 0.4) is 0 Å². The van der Waals surface area contributed by atoms with E-state index in [1.54, 1.807) is 11.8 Å². The van der Waals surface area contributed by atoms with Crippen LogP contribution in [0.1, 0.15) is 37.9 Å². The smallest absolute Gasteiger partial charge is 0.317 e. The highest BCUT2D eigenvalue weighted by Crippen LogP contribution is 2.33. The lowest BCUT2D eigenvalue weighted by Crippen LogP contribution is -2.40. The van der Waals surface area contributed by atoms with Crippen molar-refractivity contribution >= 4 is 6.03 Å². The lowest BCUT2D eigenvalue weighted by atomic mass is 10.2. The van der Waals surface area contributed by atoms with Crippen LogP contribution in [0.4, 0.5) is 4.79 Å². The third-order valence-corrected chi connectivity index (χ3v) is 5.05. The maximum atomic E-state index is 12.8. The first kappa shape index (κ1) is 23.2. The Balaban J connectivity index is 2.02. The first-order valence-corrected chi connectivity index (χ1v) is 11.1. The zero-order valence-electron chi connectivity index (χ0n) is 19.3. The van der Waals surface area contributed by atoms with Gasteiger partial charge in [-0.15, -0.1) is 0 Å². The van der Waals surface area contributed by atoms with Gasteiger partial charge in [-0.3, -0.25) is 0 Å². The topological polar surface area (TPSA) is 68.6 Å². The number of nitrogens with one attached hydrogen (secondary N) is 1. The Morgan fingerprint density at radius 3 is 2.50 bits per heavy atom. The van der Waals surface area contributed by atoms with Gasteiger partial charge in [0.2, 0.25) is 5.88 Å². The van der Waals surface area contributed by atoms with E-state index in [0.717, 1.165) is 29.8 Å². The van der Waals surface area contributed by atoms with Crippen molar-refractivity contribution in [1.82, 2.24) is 20.0 Å². The fraction of sp³-hybridized carbons (Fsp3) is 0.360. The lowest BCUT2D eigenvalue weighted by Gasteiger charge is -2.23. The van der Waals surface area contributed by atoms with Crippen molar-refractivity contribution < 1.29 is 14.3 Å². The Bertz CT molecular complexity index is 1020. The largest absolute Gasteiger partial charge is 0.497 e. The summed E-state index contributed by atoms with van der Waals surface area (Å²) >= 11 is 0. The van der Waals surface area contributed by atoms with Gasteiger partial charge in [0.25, 0.3) is 0 Å². The molecule has 7 heteroatoms. The van der Waals surface area contributed by atoms with Gasteiger partial charge in [-0.1, -0.05) is 38.1 Å². The predicted octanol–water partition coefficient (Wildman–Crippen LogP) is 5.31.